The number of halogens is 4. The molecule has 0 aliphatic carbocycles. The van der Waals surface area contributed by atoms with Gasteiger partial charge in [0.1, 0.15) is 5.75 Å². The third-order valence-electron chi connectivity index (χ3n) is 3.49. The number of benzene rings is 1. The molecule has 0 aromatic heterocycles. The first-order chi connectivity index (χ1) is 10.4. The summed E-state index contributed by atoms with van der Waals surface area (Å²) in [5.41, 5.74) is 0.787. The first kappa shape index (κ1) is 17.3. The summed E-state index contributed by atoms with van der Waals surface area (Å²) in [5.74, 6) is -0.207. The first-order valence-electron chi connectivity index (χ1n) is 7.01. The average Bonchev–Trinajstić information content (AvgIpc) is 2.43. The summed E-state index contributed by atoms with van der Waals surface area (Å²) < 4.78 is 41.9. The lowest BCUT2D eigenvalue weighted by Gasteiger charge is -2.35. The highest BCUT2D eigenvalue weighted by atomic mass is 79.9. The minimum Gasteiger partial charge on any atom is -0.406 e. The van der Waals surface area contributed by atoms with Gasteiger partial charge in [-0.05, 0) is 30.2 Å². The Labute approximate surface area is 136 Å². The van der Waals surface area contributed by atoms with Gasteiger partial charge in [-0.2, -0.15) is 0 Å². The number of nitrogens with one attached hydrogen (secondary N) is 1. The summed E-state index contributed by atoms with van der Waals surface area (Å²) >= 11 is 3.26. The van der Waals surface area contributed by atoms with Gasteiger partial charge in [-0.15, -0.1) is 19.8 Å². The SMILES string of the molecule is C=CC[C@H](c1cc(Br)cc(OC(F)(F)F)c1)N1CCNCC1. The highest BCUT2D eigenvalue weighted by molar-refractivity contribution is 9.10. The van der Waals surface area contributed by atoms with E-state index in [9.17, 15) is 13.2 Å². The van der Waals surface area contributed by atoms with Crippen LogP contribution in [-0.4, -0.2) is 37.4 Å². The number of nitrogens with zero attached hydrogens (tertiary/aromatic N) is 1. The molecule has 1 aliphatic rings. The smallest absolute Gasteiger partial charge is 0.406 e. The quantitative estimate of drug-likeness (QED) is 0.787. The molecule has 0 amide bonds. The van der Waals surface area contributed by atoms with Crippen molar-refractivity contribution >= 4 is 15.9 Å². The van der Waals surface area contributed by atoms with Crippen LogP contribution in [0.15, 0.2) is 35.3 Å². The van der Waals surface area contributed by atoms with Crippen molar-refractivity contribution in [3.63, 3.8) is 0 Å². The molecule has 1 aliphatic heterocycles. The number of piperazine rings is 1. The van der Waals surface area contributed by atoms with Crippen LogP contribution in [0, 0.1) is 0 Å². The van der Waals surface area contributed by atoms with Crippen molar-refractivity contribution < 1.29 is 17.9 Å². The van der Waals surface area contributed by atoms with E-state index < -0.39 is 6.36 Å². The molecule has 1 atom stereocenters. The van der Waals surface area contributed by atoms with Crippen molar-refractivity contribution in [2.75, 3.05) is 26.2 Å². The molecule has 0 saturated carbocycles. The summed E-state index contributed by atoms with van der Waals surface area (Å²) in [7, 11) is 0. The minimum atomic E-state index is -4.69. The minimum absolute atomic E-state index is 0.00677. The van der Waals surface area contributed by atoms with Crippen molar-refractivity contribution in [2.24, 2.45) is 0 Å². The largest absolute Gasteiger partial charge is 0.573 e. The van der Waals surface area contributed by atoms with E-state index in [4.69, 9.17) is 0 Å². The van der Waals surface area contributed by atoms with Crippen LogP contribution < -0.4 is 10.1 Å². The molecule has 1 saturated heterocycles. The van der Waals surface area contributed by atoms with Crippen LogP contribution in [0.1, 0.15) is 18.0 Å². The Morgan fingerprint density at radius 1 is 1.32 bits per heavy atom. The Morgan fingerprint density at radius 3 is 2.59 bits per heavy atom. The summed E-state index contributed by atoms with van der Waals surface area (Å²) in [6.07, 6.45) is -2.24. The van der Waals surface area contributed by atoms with Gasteiger partial charge in [-0.1, -0.05) is 22.0 Å². The zero-order valence-corrected chi connectivity index (χ0v) is 13.6. The van der Waals surface area contributed by atoms with Gasteiger partial charge in [0, 0.05) is 36.7 Å². The molecular weight excluding hydrogens is 361 g/mol. The van der Waals surface area contributed by atoms with Crippen molar-refractivity contribution in [2.45, 2.75) is 18.8 Å². The van der Waals surface area contributed by atoms with E-state index in [1.165, 1.54) is 12.1 Å². The molecule has 3 nitrogen and oxygen atoms in total. The van der Waals surface area contributed by atoms with E-state index in [2.05, 4.69) is 37.5 Å². The number of hydrogen-bond donors (Lipinski definition) is 1. The van der Waals surface area contributed by atoms with Gasteiger partial charge in [0.15, 0.2) is 0 Å². The Morgan fingerprint density at radius 2 is 2.00 bits per heavy atom. The van der Waals surface area contributed by atoms with Crippen LogP contribution in [0.5, 0.6) is 5.75 Å². The van der Waals surface area contributed by atoms with Crippen molar-refractivity contribution in [3.8, 4) is 5.75 Å². The molecule has 7 heteroatoms. The Kier molecular flexibility index (Phi) is 5.88. The number of ether oxygens (including phenoxy) is 1. The van der Waals surface area contributed by atoms with Crippen LogP contribution >= 0.6 is 15.9 Å². The van der Waals surface area contributed by atoms with E-state index >= 15 is 0 Å². The molecule has 122 valence electrons. The highest BCUT2D eigenvalue weighted by Gasteiger charge is 2.32. The van der Waals surface area contributed by atoms with E-state index in [1.54, 1.807) is 6.08 Å². The van der Waals surface area contributed by atoms with Crippen LogP contribution in [-0.2, 0) is 0 Å². The predicted molar refractivity (Wildman–Crippen MR) is 82.8 cm³/mol. The fraction of sp³-hybridized carbons (Fsp3) is 0.467. The standard InChI is InChI=1S/C15H18BrF3N2O/c1-2-3-14(21-6-4-20-5-7-21)11-8-12(16)10-13(9-11)22-15(17,18)19/h2,8-10,14,20H,1,3-7H2/t14-/m1/s1. The lowest BCUT2D eigenvalue weighted by molar-refractivity contribution is -0.274. The third-order valence-corrected chi connectivity index (χ3v) is 3.95. The molecule has 22 heavy (non-hydrogen) atoms. The van der Waals surface area contributed by atoms with Crippen LogP contribution in [0.25, 0.3) is 0 Å². The number of alkyl halides is 3. The van der Waals surface area contributed by atoms with Crippen molar-refractivity contribution in [1.82, 2.24) is 10.2 Å². The van der Waals surface area contributed by atoms with Gasteiger partial charge in [-0.3, -0.25) is 4.90 Å². The lowest BCUT2D eigenvalue weighted by Crippen LogP contribution is -2.45. The maximum atomic E-state index is 12.4. The maximum Gasteiger partial charge on any atom is 0.573 e. The molecule has 1 heterocycles. The lowest BCUT2D eigenvalue weighted by atomic mass is 10.0. The fourth-order valence-corrected chi connectivity index (χ4v) is 3.11. The van der Waals surface area contributed by atoms with Gasteiger partial charge in [0.05, 0.1) is 0 Å². The maximum absolute atomic E-state index is 12.4. The van der Waals surface area contributed by atoms with Gasteiger partial charge < -0.3 is 10.1 Å². The van der Waals surface area contributed by atoms with E-state index in [-0.39, 0.29) is 11.8 Å². The summed E-state index contributed by atoms with van der Waals surface area (Å²) in [6.45, 7) is 7.19. The van der Waals surface area contributed by atoms with Gasteiger partial charge >= 0.3 is 6.36 Å². The van der Waals surface area contributed by atoms with E-state index in [0.717, 1.165) is 31.7 Å². The molecule has 0 radical (unpaired) electrons. The van der Waals surface area contributed by atoms with Gasteiger partial charge in [0.2, 0.25) is 0 Å². The Bertz CT molecular complexity index is 516. The second-order valence-corrected chi connectivity index (χ2v) is 6.01. The molecule has 0 bridgehead atoms. The Balaban J connectivity index is 2.27. The predicted octanol–water partition coefficient (Wildman–Crippen LogP) is 3.87. The molecular formula is C15H18BrF3N2O. The topological polar surface area (TPSA) is 24.5 Å². The normalized spacial score (nSPS) is 18.0. The van der Waals surface area contributed by atoms with Gasteiger partial charge in [-0.25, -0.2) is 0 Å². The fourth-order valence-electron chi connectivity index (χ4n) is 2.62. The third kappa shape index (κ3) is 5.00. The molecule has 0 spiro atoms. The molecule has 1 N–H and O–H groups in total. The average molecular weight is 379 g/mol. The second-order valence-electron chi connectivity index (χ2n) is 5.09. The molecule has 1 fully saturated rings. The zero-order valence-electron chi connectivity index (χ0n) is 12.0. The summed E-state index contributed by atoms with van der Waals surface area (Å²) in [5, 5.41) is 3.27. The summed E-state index contributed by atoms with van der Waals surface area (Å²) in [6, 6.07) is 4.60. The monoisotopic (exact) mass is 378 g/mol. The van der Waals surface area contributed by atoms with E-state index in [0.29, 0.717) is 10.9 Å². The van der Waals surface area contributed by atoms with Crippen LogP contribution in [0.2, 0.25) is 0 Å². The molecule has 1 aromatic rings. The second kappa shape index (κ2) is 7.48. The van der Waals surface area contributed by atoms with Crippen molar-refractivity contribution in [1.29, 1.82) is 0 Å². The molecule has 2 rings (SSSR count). The molecule has 1 aromatic carbocycles. The highest BCUT2D eigenvalue weighted by Crippen LogP contribution is 2.33. The zero-order chi connectivity index (χ0) is 16.2. The van der Waals surface area contributed by atoms with E-state index in [1.807, 2.05) is 6.07 Å². The summed E-state index contributed by atoms with van der Waals surface area (Å²) in [4.78, 5) is 2.25. The Hall–Kier alpha value is -1.05. The first-order valence-corrected chi connectivity index (χ1v) is 7.80. The van der Waals surface area contributed by atoms with Crippen LogP contribution in [0.3, 0.4) is 0 Å². The number of rotatable bonds is 5. The van der Waals surface area contributed by atoms with Crippen molar-refractivity contribution in [3.05, 3.63) is 40.9 Å². The number of hydrogen-bond acceptors (Lipinski definition) is 3. The van der Waals surface area contributed by atoms with Crippen LogP contribution in [0.4, 0.5) is 13.2 Å². The van der Waals surface area contributed by atoms with Gasteiger partial charge in [0.25, 0.3) is 0 Å². The molecule has 0 unspecified atom stereocenters.